The number of nitrogens with one attached hydrogen (secondary N) is 2. The van der Waals surface area contributed by atoms with E-state index in [1.54, 1.807) is 4.90 Å². The molecule has 3 rings (SSSR count). The van der Waals surface area contributed by atoms with Gasteiger partial charge in [0, 0.05) is 38.1 Å². The van der Waals surface area contributed by atoms with Crippen molar-refractivity contribution in [3.8, 4) is 0 Å². The van der Waals surface area contributed by atoms with Gasteiger partial charge in [-0.15, -0.1) is 0 Å². The second kappa shape index (κ2) is 9.48. The molecule has 2 heterocycles. The molecule has 0 radical (unpaired) electrons. The van der Waals surface area contributed by atoms with Crippen LogP contribution in [-0.2, 0) is 16.1 Å². The third kappa shape index (κ3) is 6.35. The summed E-state index contributed by atoms with van der Waals surface area (Å²) in [4.78, 5) is 26.7. The van der Waals surface area contributed by atoms with E-state index in [1.165, 1.54) is 0 Å². The Bertz CT molecular complexity index is 685. The van der Waals surface area contributed by atoms with E-state index in [9.17, 15) is 9.59 Å². The number of likely N-dealkylation sites (tertiary alicyclic amines) is 1. The van der Waals surface area contributed by atoms with E-state index in [4.69, 9.17) is 9.47 Å². The molecule has 1 aromatic carbocycles. The smallest absolute Gasteiger partial charge is 0.410 e. The Morgan fingerprint density at radius 1 is 1.21 bits per heavy atom. The Kier molecular flexibility index (Phi) is 7.00. The maximum atomic E-state index is 12.6. The highest BCUT2D eigenvalue weighted by molar-refractivity contribution is 5.69. The van der Waals surface area contributed by atoms with E-state index >= 15 is 0 Å². The van der Waals surface area contributed by atoms with Gasteiger partial charge in [-0.25, -0.2) is 9.59 Å². The molecule has 0 bridgehead atoms. The molecule has 2 aliphatic rings. The van der Waals surface area contributed by atoms with Gasteiger partial charge in [0.1, 0.15) is 12.2 Å². The predicted octanol–water partition coefficient (Wildman–Crippen LogP) is 3.15. The molecule has 0 aliphatic carbocycles. The number of ether oxygens (including phenoxy) is 2. The molecule has 29 heavy (non-hydrogen) atoms. The van der Waals surface area contributed by atoms with Crippen molar-refractivity contribution in [2.24, 2.45) is 11.8 Å². The van der Waals surface area contributed by atoms with Gasteiger partial charge < -0.3 is 25.0 Å². The standard InChI is InChI=1S/C22H33N3O4/c1-22(2,3)29-20(26)24-19(18-12-23-13-18)17-10-7-11-25(14-17)21(27)28-15-16-8-5-4-6-9-16/h4-6,8-9,17-19,23H,7,10-15H2,1-3H3,(H,24,26)/t17-,19-/m0/s1. The van der Waals surface area contributed by atoms with Gasteiger partial charge >= 0.3 is 12.2 Å². The molecule has 0 unspecified atom stereocenters. The molecule has 0 spiro atoms. The number of piperidine rings is 1. The largest absolute Gasteiger partial charge is 0.445 e. The topological polar surface area (TPSA) is 79.9 Å². The van der Waals surface area contributed by atoms with Crippen molar-refractivity contribution >= 4 is 12.2 Å². The van der Waals surface area contributed by atoms with Gasteiger partial charge in [0.2, 0.25) is 0 Å². The Hall–Kier alpha value is -2.28. The van der Waals surface area contributed by atoms with E-state index in [0.29, 0.717) is 19.0 Å². The third-order valence-electron chi connectivity index (χ3n) is 5.43. The zero-order valence-electron chi connectivity index (χ0n) is 17.6. The van der Waals surface area contributed by atoms with Gasteiger partial charge in [0.25, 0.3) is 0 Å². The van der Waals surface area contributed by atoms with Crippen molar-refractivity contribution in [1.29, 1.82) is 0 Å². The van der Waals surface area contributed by atoms with Crippen LogP contribution in [-0.4, -0.2) is 54.9 Å². The number of rotatable bonds is 5. The number of hydrogen-bond donors (Lipinski definition) is 2. The quantitative estimate of drug-likeness (QED) is 0.790. The molecule has 2 N–H and O–H groups in total. The molecule has 1 aromatic rings. The number of hydrogen-bond acceptors (Lipinski definition) is 5. The van der Waals surface area contributed by atoms with E-state index in [-0.39, 0.29) is 24.7 Å². The lowest BCUT2D eigenvalue weighted by Gasteiger charge is -2.43. The van der Waals surface area contributed by atoms with Gasteiger partial charge in [0.05, 0.1) is 0 Å². The maximum Gasteiger partial charge on any atom is 0.410 e. The second-order valence-electron chi connectivity index (χ2n) is 8.98. The highest BCUT2D eigenvalue weighted by Gasteiger charge is 2.38. The number of benzene rings is 1. The molecular formula is C22H33N3O4. The van der Waals surface area contributed by atoms with Crippen molar-refractivity contribution < 1.29 is 19.1 Å². The predicted molar refractivity (Wildman–Crippen MR) is 110 cm³/mol. The Balaban J connectivity index is 1.57. The van der Waals surface area contributed by atoms with E-state index < -0.39 is 11.7 Å². The molecule has 2 fully saturated rings. The fourth-order valence-corrected chi connectivity index (χ4v) is 3.91. The average molecular weight is 404 g/mol. The molecule has 160 valence electrons. The minimum absolute atomic E-state index is 0.0178. The number of carbonyl (C=O) groups excluding carboxylic acids is 2. The summed E-state index contributed by atoms with van der Waals surface area (Å²) in [6.07, 6.45) is 1.19. The normalized spacial score (nSPS) is 21.1. The Labute approximate surface area is 173 Å². The van der Waals surface area contributed by atoms with E-state index in [2.05, 4.69) is 10.6 Å². The molecular weight excluding hydrogens is 370 g/mol. The second-order valence-corrected chi connectivity index (χ2v) is 8.98. The molecule has 2 saturated heterocycles. The van der Waals surface area contributed by atoms with Crippen molar-refractivity contribution in [2.75, 3.05) is 26.2 Å². The van der Waals surface area contributed by atoms with E-state index in [0.717, 1.165) is 31.5 Å². The fourth-order valence-electron chi connectivity index (χ4n) is 3.91. The van der Waals surface area contributed by atoms with Crippen LogP contribution in [0.4, 0.5) is 9.59 Å². The monoisotopic (exact) mass is 403 g/mol. The van der Waals surface area contributed by atoms with Gasteiger partial charge in [-0.2, -0.15) is 0 Å². The molecule has 0 aromatic heterocycles. The van der Waals surface area contributed by atoms with Crippen LogP contribution in [0.3, 0.4) is 0 Å². The average Bonchev–Trinajstić information content (AvgIpc) is 2.63. The third-order valence-corrected chi connectivity index (χ3v) is 5.43. The summed E-state index contributed by atoms with van der Waals surface area (Å²) in [6.45, 7) is 8.86. The first-order valence-electron chi connectivity index (χ1n) is 10.5. The van der Waals surface area contributed by atoms with Crippen molar-refractivity contribution in [3.63, 3.8) is 0 Å². The van der Waals surface area contributed by atoms with Gasteiger partial charge in [0.15, 0.2) is 0 Å². The lowest BCUT2D eigenvalue weighted by molar-refractivity contribution is 0.0365. The summed E-state index contributed by atoms with van der Waals surface area (Å²) in [6, 6.07) is 9.66. The summed E-state index contributed by atoms with van der Waals surface area (Å²) >= 11 is 0. The molecule has 2 amide bonds. The lowest BCUT2D eigenvalue weighted by atomic mass is 9.80. The van der Waals surface area contributed by atoms with Crippen LogP contribution in [0.1, 0.15) is 39.2 Å². The Morgan fingerprint density at radius 3 is 2.55 bits per heavy atom. The maximum absolute atomic E-state index is 12.6. The molecule has 0 saturated carbocycles. The number of nitrogens with zero attached hydrogens (tertiary/aromatic N) is 1. The van der Waals surface area contributed by atoms with Crippen LogP contribution in [0.15, 0.2) is 30.3 Å². The number of amides is 2. The van der Waals surface area contributed by atoms with Crippen LogP contribution >= 0.6 is 0 Å². The fraction of sp³-hybridized carbons (Fsp3) is 0.636. The van der Waals surface area contributed by atoms with E-state index in [1.807, 2.05) is 51.1 Å². The van der Waals surface area contributed by atoms with Crippen molar-refractivity contribution in [2.45, 2.75) is 51.9 Å². The minimum atomic E-state index is -0.535. The van der Waals surface area contributed by atoms with Crippen LogP contribution in [0.25, 0.3) is 0 Å². The highest BCUT2D eigenvalue weighted by Crippen LogP contribution is 2.27. The molecule has 2 aliphatic heterocycles. The van der Waals surface area contributed by atoms with Crippen LogP contribution in [0.5, 0.6) is 0 Å². The zero-order chi connectivity index (χ0) is 20.9. The van der Waals surface area contributed by atoms with Crippen LogP contribution in [0.2, 0.25) is 0 Å². The summed E-state index contributed by atoms with van der Waals surface area (Å²) in [7, 11) is 0. The zero-order valence-corrected chi connectivity index (χ0v) is 17.6. The first-order chi connectivity index (χ1) is 13.8. The first-order valence-corrected chi connectivity index (χ1v) is 10.5. The molecule has 2 atom stereocenters. The summed E-state index contributed by atoms with van der Waals surface area (Å²) in [5, 5.41) is 6.36. The van der Waals surface area contributed by atoms with Crippen molar-refractivity contribution in [3.05, 3.63) is 35.9 Å². The Morgan fingerprint density at radius 2 is 1.93 bits per heavy atom. The molecule has 7 nitrogen and oxygen atoms in total. The van der Waals surface area contributed by atoms with Crippen LogP contribution in [0, 0.1) is 11.8 Å². The SMILES string of the molecule is CC(C)(C)OC(=O)N[C@H](C1CNC1)[C@H]1CCCN(C(=O)OCc2ccccc2)C1. The lowest BCUT2D eigenvalue weighted by Crippen LogP contribution is -2.60. The van der Waals surface area contributed by atoms with Gasteiger partial charge in [-0.05, 0) is 45.1 Å². The van der Waals surface area contributed by atoms with Gasteiger partial charge in [-0.1, -0.05) is 30.3 Å². The van der Waals surface area contributed by atoms with Gasteiger partial charge in [-0.3, -0.25) is 0 Å². The summed E-state index contributed by atoms with van der Waals surface area (Å²) < 4.78 is 11.0. The van der Waals surface area contributed by atoms with Crippen LogP contribution < -0.4 is 10.6 Å². The first kappa shape index (κ1) is 21.4. The summed E-state index contributed by atoms with van der Waals surface area (Å²) in [5.74, 6) is 0.542. The molecule has 7 heteroatoms. The summed E-state index contributed by atoms with van der Waals surface area (Å²) in [5.41, 5.74) is 0.436. The number of alkyl carbamates (subject to hydrolysis) is 1. The highest BCUT2D eigenvalue weighted by atomic mass is 16.6. The minimum Gasteiger partial charge on any atom is -0.445 e. The van der Waals surface area contributed by atoms with Crippen molar-refractivity contribution in [1.82, 2.24) is 15.5 Å². The number of carbonyl (C=O) groups is 2.